The molecule has 0 aliphatic carbocycles. The average molecular weight is 266 g/mol. The zero-order valence-corrected chi connectivity index (χ0v) is 11.1. The zero-order valence-electron chi connectivity index (χ0n) is 11.1. The summed E-state index contributed by atoms with van der Waals surface area (Å²) in [5.74, 6) is -0.0531. The molecule has 0 bridgehead atoms. The van der Waals surface area contributed by atoms with Crippen molar-refractivity contribution in [3.63, 3.8) is 0 Å². The first-order valence-electron chi connectivity index (χ1n) is 6.49. The van der Waals surface area contributed by atoms with Gasteiger partial charge in [-0.25, -0.2) is 9.78 Å². The number of aromatic nitrogens is 2. The molecule has 2 aromatic carbocycles. The second-order valence-electron chi connectivity index (χ2n) is 4.55. The highest BCUT2D eigenvalue weighted by Crippen LogP contribution is 2.25. The van der Waals surface area contributed by atoms with Crippen LogP contribution in [0.4, 0.5) is 0 Å². The number of nitrogens with zero attached hydrogens (tertiary/aromatic N) is 2. The van der Waals surface area contributed by atoms with Gasteiger partial charge in [0.05, 0.1) is 16.6 Å². The van der Waals surface area contributed by atoms with E-state index in [2.05, 4.69) is 4.98 Å². The zero-order chi connectivity index (χ0) is 14.1. The molecular formula is C16H14N2O2. The van der Waals surface area contributed by atoms with Gasteiger partial charge in [-0.1, -0.05) is 30.3 Å². The summed E-state index contributed by atoms with van der Waals surface area (Å²) in [7, 11) is 0. The van der Waals surface area contributed by atoms with E-state index in [1.165, 1.54) is 0 Å². The quantitative estimate of drug-likeness (QED) is 0.790. The minimum atomic E-state index is -0.919. The molecule has 0 radical (unpaired) electrons. The van der Waals surface area contributed by atoms with E-state index >= 15 is 0 Å². The number of aryl methyl sites for hydroxylation is 1. The van der Waals surface area contributed by atoms with Crippen LogP contribution in [0.5, 0.6) is 0 Å². The molecular weight excluding hydrogens is 252 g/mol. The molecule has 4 heteroatoms. The van der Waals surface area contributed by atoms with E-state index in [0.717, 1.165) is 29.0 Å². The molecule has 20 heavy (non-hydrogen) atoms. The standard InChI is InChI=1S/C16H14N2O2/c1-2-18-14-10-12(16(19)20)8-9-13(14)17-15(18)11-6-4-3-5-7-11/h3-10H,2H2,1H3,(H,19,20). The second-order valence-corrected chi connectivity index (χ2v) is 4.55. The molecule has 3 aromatic rings. The first kappa shape index (κ1) is 12.4. The topological polar surface area (TPSA) is 55.1 Å². The summed E-state index contributed by atoms with van der Waals surface area (Å²) in [6, 6.07) is 14.9. The average Bonchev–Trinajstić information content (AvgIpc) is 2.85. The highest BCUT2D eigenvalue weighted by atomic mass is 16.4. The minimum Gasteiger partial charge on any atom is -0.478 e. The van der Waals surface area contributed by atoms with E-state index in [4.69, 9.17) is 5.11 Å². The molecule has 3 rings (SSSR count). The van der Waals surface area contributed by atoms with Gasteiger partial charge in [0, 0.05) is 12.1 Å². The number of carboxylic acids is 1. The van der Waals surface area contributed by atoms with E-state index < -0.39 is 5.97 Å². The third kappa shape index (κ3) is 1.95. The fourth-order valence-corrected chi connectivity index (χ4v) is 2.38. The predicted octanol–water partition coefficient (Wildman–Crippen LogP) is 3.42. The van der Waals surface area contributed by atoms with Crippen molar-refractivity contribution in [1.29, 1.82) is 0 Å². The first-order valence-corrected chi connectivity index (χ1v) is 6.49. The van der Waals surface area contributed by atoms with E-state index in [1.54, 1.807) is 18.2 Å². The largest absolute Gasteiger partial charge is 0.478 e. The Hall–Kier alpha value is -2.62. The van der Waals surface area contributed by atoms with E-state index in [1.807, 2.05) is 41.8 Å². The Morgan fingerprint density at radius 3 is 2.60 bits per heavy atom. The van der Waals surface area contributed by atoms with Gasteiger partial charge in [0.25, 0.3) is 0 Å². The SMILES string of the molecule is CCn1c(-c2ccccc2)nc2ccc(C(=O)O)cc21. The van der Waals surface area contributed by atoms with Crippen LogP contribution in [0, 0.1) is 0 Å². The summed E-state index contributed by atoms with van der Waals surface area (Å²) in [5, 5.41) is 9.10. The van der Waals surface area contributed by atoms with E-state index in [-0.39, 0.29) is 5.56 Å². The lowest BCUT2D eigenvalue weighted by atomic mass is 10.2. The number of hydrogen-bond acceptors (Lipinski definition) is 2. The number of aromatic carboxylic acids is 1. The maximum atomic E-state index is 11.1. The van der Waals surface area contributed by atoms with Crippen LogP contribution in [-0.4, -0.2) is 20.6 Å². The minimum absolute atomic E-state index is 0.284. The van der Waals surface area contributed by atoms with Crippen LogP contribution in [0.1, 0.15) is 17.3 Å². The summed E-state index contributed by atoms with van der Waals surface area (Å²) >= 11 is 0. The molecule has 0 saturated carbocycles. The normalized spacial score (nSPS) is 10.8. The van der Waals surface area contributed by atoms with Gasteiger partial charge < -0.3 is 9.67 Å². The fourth-order valence-electron chi connectivity index (χ4n) is 2.38. The van der Waals surface area contributed by atoms with Gasteiger partial charge in [-0.05, 0) is 25.1 Å². The van der Waals surface area contributed by atoms with Gasteiger partial charge in [-0.15, -0.1) is 0 Å². The van der Waals surface area contributed by atoms with Gasteiger partial charge in [-0.2, -0.15) is 0 Å². The van der Waals surface area contributed by atoms with Crippen molar-refractivity contribution >= 4 is 17.0 Å². The summed E-state index contributed by atoms with van der Waals surface area (Å²) < 4.78 is 2.04. The van der Waals surface area contributed by atoms with Crippen molar-refractivity contribution in [1.82, 2.24) is 9.55 Å². The number of benzene rings is 2. The predicted molar refractivity (Wildman–Crippen MR) is 77.8 cm³/mol. The number of imidazole rings is 1. The van der Waals surface area contributed by atoms with Gasteiger partial charge in [0.1, 0.15) is 5.82 Å². The molecule has 0 aliphatic heterocycles. The summed E-state index contributed by atoms with van der Waals surface area (Å²) in [6.07, 6.45) is 0. The van der Waals surface area contributed by atoms with Crippen LogP contribution >= 0.6 is 0 Å². The van der Waals surface area contributed by atoms with Crippen LogP contribution in [-0.2, 0) is 6.54 Å². The van der Waals surface area contributed by atoms with Crippen LogP contribution in [0.3, 0.4) is 0 Å². The monoisotopic (exact) mass is 266 g/mol. The Morgan fingerprint density at radius 2 is 1.95 bits per heavy atom. The maximum absolute atomic E-state index is 11.1. The van der Waals surface area contributed by atoms with Crippen LogP contribution in [0.2, 0.25) is 0 Å². The van der Waals surface area contributed by atoms with Crippen LogP contribution in [0.15, 0.2) is 48.5 Å². The third-order valence-electron chi connectivity index (χ3n) is 3.34. The van der Waals surface area contributed by atoms with Gasteiger partial charge in [-0.3, -0.25) is 0 Å². The van der Waals surface area contributed by atoms with Crippen molar-refractivity contribution in [2.24, 2.45) is 0 Å². The molecule has 100 valence electrons. The van der Waals surface area contributed by atoms with Gasteiger partial charge >= 0.3 is 5.97 Å². The van der Waals surface area contributed by atoms with Crippen molar-refractivity contribution < 1.29 is 9.90 Å². The molecule has 0 spiro atoms. The molecule has 0 atom stereocenters. The number of hydrogen-bond donors (Lipinski definition) is 1. The Bertz CT molecular complexity index is 776. The van der Waals surface area contributed by atoms with Crippen molar-refractivity contribution in [2.75, 3.05) is 0 Å². The number of rotatable bonds is 3. The molecule has 4 nitrogen and oxygen atoms in total. The van der Waals surface area contributed by atoms with Crippen molar-refractivity contribution in [3.8, 4) is 11.4 Å². The number of carbonyl (C=O) groups is 1. The van der Waals surface area contributed by atoms with Crippen molar-refractivity contribution in [3.05, 3.63) is 54.1 Å². The molecule has 0 unspecified atom stereocenters. The lowest BCUT2D eigenvalue weighted by Gasteiger charge is -2.06. The molecule has 1 aromatic heterocycles. The lowest BCUT2D eigenvalue weighted by Crippen LogP contribution is -1.99. The van der Waals surface area contributed by atoms with Crippen molar-refractivity contribution in [2.45, 2.75) is 13.5 Å². The Morgan fingerprint density at radius 1 is 1.20 bits per heavy atom. The van der Waals surface area contributed by atoms with Crippen LogP contribution < -0.4 is 0 Å². The molecule has 0 aliphatic rings. The fraction of sp³-hybridized carbons (Fsp3) is 0.125. The lowest BCUT2D eigenvalue weighted by molar-refractivity contribution is 0.0697. The molecule has 0 amide bonds. The van der Waals surface area contributed by atoms with E-state index in [9.17, 15) is 4.79 Å². The smallest absolute Gasteiger partial charge is 0.335 e. The molecule has 1 N–H and O–H groups in total. The second kappa shape index (κ2) is 4.81. The third-order valence-corrected chi connectivity index (χ3v) is 3.34. The summed E-state index contributed by atoms with van der Waals surface area (Å²) in [5.41, 5.74) is 2.98. The Labute approximate surface area is 116 Å². The van der Waals surface area contributed by atoms with Gasteiger partial charge in [0.2, 0.25) is 0 Å². The Balaban J connectivity index is 2.27. The highest BCUT2D eigenvalue weighted by Gasteiger charge is 2.13. The maximum Gasteiger partial charge on any atom is 0.335 e. The molecule has 0 fully saturated rings. The summed E-state index contributed by atoms with van der Waals surface area (Å²) in [4.78, 5) is 15.7. The molecule has 0 saturated heterocycles. The number of fused-ring (bicyclic) bond motifs is 1. The highest BCUT2D eigenvalue weighted by molar-refractivity contribution is 5.93. The number of carboxylic acid groups (broad SMARTS) is 1. The summed E-state index contributed by atoms with van der Waals surface area (Å²) in [6.45, 7) is 2.77. The van der Waals surface area contributed by atoms with Gasteiger partial charge in [0.15, 0.2) is 0 Å². The van der Waals surface area contributed by atoms with E-state index in [0.29, 0.717) is 0 Å². The first-order chi connectivity index (χ1) is 9.70. The Kier molecular flexibility index (Phi) is 2.99. The van der Waals surface area contributed by atoms with Crippen LogP contribution in [0.25, 0.3) is 22.4 Å². The molecule has 1 heterocycles.